The second-order valence-electron chi connectivity index (χ2n) is 7.36. The third-order valence-corrected chi connectivity index (χ3v) is 5.84. The summed E-state index contributed by atoms with van der Waals surface area (Å²) in [6.07, 6.45) is 3.07. The van der Waals surface area contributed by atoms with Crippen molar-refractivity contribution >= 4 is 12.6 Å². The Kier molecular flexibility index (Phi) is 4.54. The molecule has 2 unspecified atom stereocenters. The lowest BCUT2D eigenvalue weighted by Crippen LogP contribution is -2.55. The molecule has 1 aromatic rings. The molecule has 1 aromatic carbocycles. The molecule has 2 atom stereocenters. The van der Waals surface area contributed by atoms with Crippen LogP contribution in [0.5, 0.6) is 0 Å². The number of nitrogens with one attached hydrogen (secondary N) is 2. The number of hydrazine groups is 1. The smallest absolute Gasteiger partial charge is 0.0870 e. The Balaban J connectivity index is 1.77. The van der Waals surface area contributed by atoms with Crippen LogP contribution in [-0.2, 0) is 6.42 Å². The monoisotopic (exact) mass is 321 g/mol. The summed E-state index contributed by atoms with van der Waals surface area (Å²) in [5, 5.41) is 16.9. The van der Waals surface area contributed by atoms with Crippen molar-refractivity contribution in [3.05, 3.63) is 29.8 Å². The first-order valence-electron chi connectivity index (χ1n) is 8.10. The zero-order valence-electron chi connectivity index (χ0n) is 13.5. The molecular weight excluding hydrogens is 294 g/mol. The maximum atomic E-state index is 11.5. The van der Waals surface area contributed by atoms with Crippen molar-refractivity contribution in [2.24, 2.45) is 11.3 Å². The molecule has 0 spiro atoms. The lowest BCUT2D eigenvalue weighted by molar-refractivity contribution is -0.0999. The summed E-state index contributed by atoms with van der Waals surface area (Å²) in [6.45, 7) is 6.65. The van der Waals surface area contributed by atoms with Crippen LogP contribution < -0.4 is 10.7 Å². The highest BCUT2D eigenvalue weighted by Gasteiger charge is 2.54. The van der Waals surface area contributed by atoms with Crippen LogP contribution in [0, 0.1) is 11.3 Å². The molecule has 0 bridgehead atoms. The molecule has 2 aliphatic rings. The van der Waals surface area contributed by atoms with Gasteiger partial charge in [-0.1, -0.05) is 26.0 Å². The second-order valence-corrected chi connectivity index (χ2v) is 7.87. The van der Waals surface area contributed by atoms with Gasteiger partial charge in [-0.15, -0.1) is 12.6 Å². The molecule has 1 saturated heterocycles. The van der Waals surface area contributed by atoms with E-state index in [1.165, 1.54) is 5.56 Å². The van der Waals surface area contributed by atoms with Crippen LogP contribution in [0.15, 0.2) is 29.2 Å². The Morgan fingerprint density at radius 1 is 1.32 bits per heavy atom. The summed E-state index contributed by atoms with van der Waals surface area (Å²) >= 11 is 4.35. The Hall–Kier alpha value is -0.590. The summed E-state index contributed by atoms with van der Waals surface area (Å²) in [5.74, 6) is 0.288. The van der Waals surface area contributed by atoms with Gasteiger partial charge in [0.25, 0.3) is 0 Å². The van der Waals surface area contributed by atoms with Gasteiger partial charge in [0.05, 0.1) is 18.9 Å². The van der Waals surface area contributed by atoms with Crippen molar-refractivity contribution in [1.82, 2.24) is 15.8 Å². The van der Waals surface area contributed by atoms with Gasteiger partial charge in [0.15, 0.2) is 0 Å². The van der Waals surface area contributed by atoms with E-state index in [4.69, 9.17) is 0 Å². The van der Waals surface area contributed by atoms with Crippen molar-refractivity contribution in [1.29, 1.82) is 0 Å². The van der Waals surface area contributed by atoms with E-state index in [1.807, 2.05) is 12.1 Å². The quantitative estimate of drug-likeness (QED) is 0.641. The van der Waals surface area contributed by atoms with Crippen molar-refractivity contribution in [3.63, 3.8) is 0 Å². The Labute approximate surface area is 138 Å². The average Bonchev–Trinajstić information content (AvgIpc) is 3.04. The molecule has 4 nitrogen and oxygen atoms in total. The molecule has 5 heteroatoms. The summed E-state index contributed by atoms with van der Waals surface area (Å²) < 4.78 is 0. The molecule has 0 radical (unpaired) electrons. The molecule has 3 rings (SSSR count). The van der Waals surface area contributed by atoms with E-state index in [9.17, 15) is 5.11 Å². The Morgan fingerprint density at radius 2 is 2.05 bits per heavy atom. The minimum Gasteiger partial charge on any atom is -0.388 e. The van der Waals surface area contributed by atoms with Gasteiger partial charge in [0, 0.05) is 11.4 Å². The van der Waals surface area contributed by atoms with E-state index in [-0.39, 0.29) is 11.3 Å². The summed E-state index contributed by atoms with van der Waals surface area (Å²) in [4.78, 5) is 0.984. The first-order chi connectivity index (χ1) is 10.4. The first kappa shape index (κ1) is 16.3. The maximum Gasteiger partial charge on any atom is 0.0870 e. The largest absolute Gasteiger partial charge is 0.388 e. The third kappa shape index (κ3) is 3.05. The number of nitrogens with zero attached hydrogens (tertiary/aromatic N) is 1. The Morgan fingerprint density at radius 3 is 2.68 bits per heavy atom. The van der Waals surface area contributed by atoms with Crippen LogP contribution in [0.1, 0.15) is 32.3 Å². The van der Waals surface area contributed by atoms with E-state index in [1.54, 1.807) is 0 Å². The normalized spacial score (nSPS) is 31.7. The van der Waals surface area contributed by atoms with Gasteiger partial charge >= 0.3 is 0 Å². The lowest BCUT2D eigenvalue weighted by atomic mass is 9.72. The zero-order chi connectivity index (χ0) is 15.8. The lowest BCUT2D eigenvalue weighted by Gasteiger charge is -2.43. The van der Waals surface area contributed by atoms with Gasteiger partial charge in [-0.3, -0.25) is 5.32 Å². The molecule has 122 valence electrons. The number of hydrogen-bond acceptors (Lipinski definition) is 5. The minimum atomic E-state index is -0.675. The molecule has 3 N–H and O–H groups in total. The van der Waals surface area contributed by atoms with E-state index < -0.39 is 5.60 Å². The molecule has 0 amide bonds. The highest BCUT2D eigenvalue weighted by molar-refractivity contribution is 7.80. The number of hydrogen-bond donors (Lipinski definition) is 4. The molecule has 1 saturated carbocycles. The van der Waals surface area contributed by atoms with E-state index in [0.717, 1.165) is 37.5 Å². The van der Waals surface area contributed by atoms with E-state index >= 15 is 0 Å². The fraction of sp³-hybridized carbons (Fsp3) is 0.647. The third-order valence-electron chi connectivity index (χ3n) is 5.55. The SMILES string of the molecule is CC1(C)CCC(Cc2ccc(S)cc2)C1(O)CN1CNCN1. The first-order valence-corrected chi connectivity index (χ1v) is 8.55. The molecular formula is C17H27N3OS. The fourth-order valence-corrected chi connectivity index (χ4v) is 4.04. The minimum absolute atomic E-state index is 0.0641. The summed E-state index contributed by atoms with van der Waals surface area (Å²) in [6, 6.07) is 8.32. The van der Waals surface area contributed by atoms with Gasteiger partial charge in [0.2, 0.25) is 0 Å². The van der Waals surface area contributed by atoms with Gasteiger partial charge in [0.1, 0.15) is 0 Å². The fourth-order valence-electron chi connectivity index (χ4n) is 3.89. The predicted molar refractivity (Wildman–Crippen MR) is 91.6 cm³/mol. The van der Waals surface area contributed by atoms with Gasteiger partial charge in [-0.25, -0.2) is 10.4 Å². The van der Waals surface area contributed by atoms with E-state index in [0.29, 0.717) is 6.54 Å². The van der Waals surface area contributed by atoms with Crippen molar-refractivity contribution in [2.45, 2.75) is 43.6 Å². The number of aliphatic hydroxyl groups is 1. The van der Waals surface area contributed by atoms with Crippen molar-refractivity contribution in [2.75, 3.05) is 19.9 Å². The van der Waals surface area contributed by atoms with Gasteiger partial charge in [-0.2, -0.15) is 0 Å². The summed E-state index contributed by atoms with van der Waals surface area (Å²) in [7, 11) is 0. The van der Waals surface area contributed by atoms with Crippen molar-refractivity contribution in [3.8, 4) is 0 Å². The zero-order valence-corrected chi connectivity index (χ0v) is 14.4. The van der Waals surface area contributed by atoms with Crippen molar-refractivity contribution < 1.29 is 5.11 Å². The summed E-state index contributed by atoms with van der Waals surface area (Å²) in [5.41, 5.74) is 3.84. The molecule has 22 heavy (non-hydrogen) atoms. The number of β-amino-alcohol motifs (C(OH)–C–C–N with tert-alkyl or cyclic N) is 1. The standard InChI is InChI=1S/C17H27N3OS/c1-16(2)8-7-14(9-13-3-5-15(22)6-4-13)17(16,21)10-20-12-18-11-19-20/h3-6,14,18-19,21-22H,7-12H2,1-2H3. The molecule has 0 aromatic heterocycles. The highest BCUT2D eigenvalue weighted by Crippen LogP contribution is 2.51. The Bertz CT molecular complexity index is 513. The van der Waals surface area contributed by atoms with Gasteiger partial charge < -0.3 is 5.11 Å². The number of benzene rings is 1. The van der Waals surface area contributed by atoms with Crippen LogP contribution in [0.25, 0.3) is 0 Å². The maximum absolute atomic E-state index is 11.5. The van der Waals surface area contributed by atoms with Crippen LogP contribution in [0.4, 0.5) is 0 Å². The van der Waals surface area contributed by atoms with Crippen LogP contribution in [-0.4, -0.2) is 35.6 Å². The van der Waals surface area contributed by atoms with E-state index in [2.05, 4.69) is 54.4 Å². The number of thiol groups is 1. The topological polar surface area (TPSA) is 47.5 Å². The molecule has 1 aliphatic heterocycles. The van der Waals surface area contributed by atoms with Crippen LogP contribution >= 0.6 is 12.6 Å². The second kappa shape index (κ2) is 6.13. The predicted octanol–water partition coefficient (Wildman–Crippen LogP) is 2.01. The molecule has 1 heterocycles. The number of rotatable bonds is 4. The van der Waals surface area contributed by atoms with Crippen LogP contribution in [0.2, 0.25) is 0 Å². The molecule has 2 fully saturated rings. The highest BCUT2D eigenvalue weighted by atomic mass is 32.1. The van der Waals surface area contributed by atoms with Crippen LogP contribution in [0.3, 0.4) is 0 Å². The van der Waals surface area contributed by atoms with Gasteiger partial charge in [-0.05, 0) is 48.3 Å². The molecule has 1 aliphatic carbocycles. The average molecular weight is 321 g/mol.